The van der Waals surface area contributed by atoms with Gasteiger partial charge in [-0.15, -0.1) is 0 Å². The molecular weight excluding hydrogens is 258 g/mol. The van der Waals surface area contributed by atoms with Gasteiger partial charge in [0.05, 0.1) is 22.9 Å². The Hall–Kier alpha value is -1.14. The molecule has 0 bridgehead atoms. The highest BCUT2D eigenvalue weighted by Gasteiger charge is 2.14. The second-order valence-electron chi connectivity index (χ2n) is 3.34. The fraction of sp³-hybridized carbons (Fsp3) is 0.333. The first-order valence-corrected chi connectivity index (χ1v) is 5.38. The monoisotopic (exact) mass is 269 g/mol. The Morgan fingerprint density at radius 2 is 2.20 bits per heavy atom. The SMILES string of the molecule is Cn1cc(C(CN)n2cc(Br)cn2)cn1. The van der Waals surface area contributed by atoms with E-state index in [0.717, 1.165) is 10.0 Å². The van der Waals surface area contributed by atoms with Crippen LogP contribution in [-0.2, 0) is 7.05 Å². The van der Waals surface area contributed by atoms with Crippen LogP contribution in [0.2, 0.25) is 0 Å². The number of nitrogens with two attached hydrogens (primary N) is 1. The molecule has 2 rings (SSSR count). The van der Waals surface area contributed by atoms with Crippen molar-refractivity contribution in [3.05, 3.63) is 34.8 Å². The van der Waals surface area contributed by atoms with Crippen molar-refractivity contribution in [1.82, 2.24) is 19.6 Å². The van der Waals surface area contributed by atoms with Crippen molar-refractivity contribution in [2.45, 2.75) is 6.04 Å². The third-order valence-electron chi connectivity index (χ3n) is 2.22. The topological polar surface area (TPSA) is 61.7 Å². The normalized spacial score (nSPS) is 13.0. The van der Waals surface area contributed by atoms with E-state index in [4.69, 9.17) is 5.73 Å². The van der Waals surface area contributed by atoms with E-state index >= 15 is 0 Å². The Kier molecular flexibility index (Phi) is 2.88. The zero-order valence-electron chi connectivity index (χ0n) is 8.34. The van der Waals surface area contributed by atoms with Gasteiger partial charge in [0.1, 0.15) is 0 Å². The summed E-state index contributed by atoms with van der Waals surface area (Å²) in [5, 5.41) is 8.35. The molecule has 0 radical (unpaired) electrons. The molecule has 2 heterocycles. The van der Waals surface area contributed by atoms with Crippen LogP contribution in [-0.4, -0.2) is 26.1 Å². The van der Waals surface area contributed by atoms with Crippen molar-refractivity contribution in [1.29, 1.82) is 0 Å². The summed E-state index contributed by atoms with van der Waals surface area (Å²) in [5.74, 6) is 0. The van der Waals surface area contributed by atoms with Crippen LogP contribution < -0.4 is 5.73 Å². The molecule has 2 aromatic heterocycles. The molecule has 0 aromatic carbocycles. The molecule has 0 aliphatic rings. The number of hydrogen-bond donors (Lipinski definition) is 1. The maximum Gasteiger partial charge on any atom is 0.0921 e. The zero-order valence-corrected chi connectivity index (χ0v) is 9.92. The second kappa shape index (κ2) is 4.16. The maximum atomic E-state index is 5.74. The van der Waals surface area contributed by atoms with E-state index in [0.29, 0.717) is 6.54 Å². The number of hydrogen-bond acceptors (Lipinski definition) is 3. The molecule has 1 atom stereocenters. The van der Waals surface area contributed by atoms with E-state index in [1.54, 1.807) is 10.9 Å². The molecule has 0 saturated heterocycles. The van der Waals surface area contributed by atoms with Gasteiger partial charge in [-0.2, -0.15) is 10.2 Å². The van der Waals surface area contributed by atoms with Crippen LogP contribution in [0.3, 0.4) is 0 Å². The lowest BCUT2D eigenvalue weighted by molar-refractivity contribution is 0.531. The molecule has 15 heavy (non-hydrogen) atoms. The average molecular weight is 270 g/mol. The molecule has 0 aliphatic heterocycles. The summed E-state index contributed by atoms with van der Waals surface area (Å²) >= 11 is 3.36. The highest BCUT2D eigenvalue weighted by Crippen LogP contribution is 2.17. The Balaban J connectivity index is 2.32. The third kappa shape index (κ3) is 2.10. The fourth-order valence-corrected chi connectivity index (χ4v) is 1.80. The Bertz CT molecular complexity index is 407. The van der Waals surface area contributed by atoms with E-state index in [2.05, 4.69) is 26.1 Å². The molecule has 1 unspecified atom stereocenters. The molecule has 2 aromatic rings. The van der Waals surface area contributed by atoms with Crippen molar-refractivity contribution in [3.8, 4) is 0 Å². The van der Waals surface area contributed by atoms with E-state index in [-0.39, 0.29) is 6.04 Å². The summed E-state index contributed by atoms with van der Waals surface area (Å²) in [5.41, 5.74) is 6.81. The summed E-state index contributed by atoms with van der Waals surface area (Å²) in [6.07, 6.45) is 7.42. The molecule has 0 saturated carbocycles. The summed E-state index contributed by atoms with van der Waals surface area (Å²) in [6, 6.07) is 0.0463. The van der Waals surface area contributed by atoms with Crippen LogP contribution in [0.1, 0.15) is 11.6 Å². The predicted octanol–water partition coefficient (Wildman–Crippen LogP) is 0.927. The second-order valence-corrected chi connectivity index (χ2v) is 4.25. The van der Waals surface area contributed by atoms with E-state index in [1.807, 2.05) is 30.3 Å². The average Bonchev–Trinajstić information content (AvgIpc) is 2.78. The van der Waals surface area contributed by atoms with Gasteiger partial charge in [-0.1, -0.05) is 0 Å². The van der Waals surface area contributed by atoms with Gasteiger partial charge in [-0.25, -0.2) is 0 Å². The van der Waals surface area contributed by atoms with Gasteiger partial charge in [0.15, 0.2) is 0 Å². The van der Waals surface area contributed by atoms with Gasteiger partial charge < -0.3 is 5.73 Å². The predicted molar refractivity (Wildman–Crippen MR) is 60.3 cm³/mol. The van der Waals surface area contributed by atoms with Crippen molar-refractivity contribution in [2.24, 2.45) is 12.8 Å². The van der Waals surface area contributed by atoms with Gasteiger partial charge in [-0.3, -0.25) is 9.36 Å². The lowest BCUT2D eigenvalue weighted by atomic mass is 10.2. The van der Waals surface area contributed by atoms with Crippen molar-refractivity contribution in [3.63, 3.8) is 0 Å². The first-order valence-electron chi connectivity index (χ1n) is 4.59. The lowest BCUT2D eigenvalue weighted by Crippen LogP contribution is -2.20. The minimum Gasteiger partial charge on any atom is -0.328 e. The highest BCUT2D eigenvalue weighted by atomic mass is 79.9. The van der Waals surface area contributed by atoms with Crippen LogP contribution in [0.15, 0.2) is 29.3 Å². The first-order chi connectivity index (χ1) is 7.20. The van der Waals surface area contributed by atoms with Gasteiger partial charge >= 0.3 is 0 Å². The minimum atomic E-state index is 0.0463. The van der Waals surface area contributed by atoms with Gasteiger partial charge in [0.25, 0.3) is 0 Å². The van der Waals surface area contributed by atoms with Crippen LogP contribution in [0.4, 0.5) is 0 Å². The van der Waals surface area contributed by atoms with Crippen LogP contribution in [0.5, 0.6) is 0 Å². The van der Waals surface area contributed by atoms with E-state index in [1.165, 1.54) is 0 Å². The molecule has 0 aliphatic carbocycles. The molecule has 0 fully saturated rings. The molecule has 0 amide bonds. The number of nitrogens with zero attached hydrogens (tertiary/aromatic N) is 4. The summed E-state index contributed by atoms with van der Waals surface area (Å²) in [7, 11) is 1.89. The van der Waals surface area contributed by atoms with Crippen LogP contribution in [0, 0.1) is 0 Å². The van der Waals surface area contributed by atoms with E-state index in [9.17, 15) is 0 Å². The minimum absolute atomic E-state index is 0.0463. The Labute approximate surface area is 96.0 Å². The van der Waals surface area contributed by atoms with Crippen LogP contribution in [0.25, 0.3) is 0 Å². The highest BCUT2D eigenvalue weighted by molar-refractivity contribution is 9.10. The first kappa shape index (κ1) is 10.4. The molecule has 5 nitrogen and oxygen atoms in total. The third-order valence-corrected chi connectivity index (χ3v) is 2.63. The quantitative estimate of drug-likeness (QED) is 0.902. The Morgan fingerprint density at radius 1 is 1.40 bits per heavy atom. The van der Waals surface area contributed by atoms with Crippen molar-refractivity contribution < 1.29 is 0 Å². The number of rotatable bonds is 3. The van der Waals surface area contributed by atoms with E-state index < -0.39 is 0 Å². The molecule has 0 spiro atoms. The van der Waals surface area contributed by atoms with Gasteiger partial charge in [0, 0.05) is 31.5 Å². The smallest absolute Gasteiger partial charge is 0.0921 e. The number of aryl methyl sites for hydroxylation is 1. The van der Waals surface area contributed by atoms with Gasteiger partial charge in [0.2, 0.25) is 0 Å². The van der Waals surface area contributed by atoms with Crippen molar-refractivity contribution >= 4 is 15.9 Å². The maximum absolute atomic E-state index is 5.74. The van der Waals surface area contributed by atoms with Crippen LogP contribution >= 0.6 is 15.9 Å². The molecule has 2 N–H and O–H groups in total. The lowest BCUT2D eigenvalue weighted by Gasteiger charge is -2.12. The summed E-state index contributed by atoms with van der Waals surface area (Å²) in [6.45, 7) is 0.500. The molecule has 80 valence electrons. The largest absolute Gasteiger partial charge is 0.328 e. The standard InChI is InChI=1S/C9H12BrN5/c1-14-5-7(3-12-14)9(2-11)15-6-8(10)4-13-15/h3-6,9H,2,11H2,1H3. The summed E-state index contributed by atoms with van der Waals surface area (Å²) < 4.78 is 4.54. The molecular formula is C9H12BrN5. The Morgan fingerprint density at radius 3 is 2.67 bits per heavy atom. The number of halogens is 1. The fourth-order valence-electron chi connectivity index (χ4n) is 1.49. The molecule has 6 heteroatoms. The number of aromatic nitrogens is 4. The zero-order chi connectivity index (χ0) is 10.8. The van der Waals surface area contributed by atoms with Crippen molar-refractivity contribution in [2.75, 3.05) is 6.54 Å². The summed E-state index contributed by atoms with van der Waals surface area (Å²) in [4.78, 5) is 0. The van der Waals surface area contributed by atoms with Gasteiger partial charge in [-0.05, 0) is 15.9 Å².